The summed E-state index contributed by atoms with van der Waals surface area (Å²) in [6.45, 7) is 0.488. The average molecular weight is 330 g/mol. The number of benzene rings is 1. The molecule has 2 aliphatic rings. The number of para-hydroxylation sites is 1. The summed E-state index contributed by atoms with van der Waals surface area (Å²) in [5.74, 6) is 0.882. The molecular formula is C19H26N2O3. The van der Waals surface area contributed by atoms with Gasteiger partial charge in [0.2, 0.25) is 11.8 Å². The van der Waals surface area contributed by atoms with Crippen molar-refractivity contribution in [3.8, 4) is 5.75 Å². The molecule has 2 unspecified atom stereocenters. The molecule has 5 heteroatoms. The maximum Gasteiger partial charge on any atom is 0.242 e. The van der Waals surface area contributed by atoms with Crippen molar-refractivity contribution in [3.63, 3.8) is 0 Å². The quantitative estimate of drug-likeness (QED) is 0.922. The van der Waals surface area contributed by atoms with Gasteiger partial charge in [-0.1, -0.05) is 37.5 Å². The fourth-order valence-corrected chi connectivity index (χ4v) is 3.82. The Balaban J connectivity index is 1.70. The number of likely N-dealkylation sites (N-methyl/N-ethyl adjacent to an activating group) is 1. The number of nitrogens with zero attached hydrogens (tertiary/aromatic N) is 1. The van der Waals surface area contributed by atoms with E-state index in [1.54, 1.807) is 11.9 Å². The number of ether oxygens (including phenoxy) is 1. The van der Waals surface area contributed by atoms with Crippen LogP contribution in [0.3, 0.4) is 0 Å². The van der Waals surface area contributed by atoms with E-state index in [0.717, 1.165) is 31.4 Å². The maximum absolute atomic E-state index is 12.9. The molecule has 130 valence electrons. The van der Waals surface area contributed by atoms with Crippen molar-refractivity contribution in [3.05, 3.63) is 30.3 Å². The van der Waals surface area contributed by atoms with E-state index in [4.69, 9.17) is 4.74 Å². The number of hydrogen-bond donors (Lipinski definition) is 1. The lowest BCUT2D eigenvalue weighted by molar-refractivity contribution is -0.142. The maximum atomic E-state index is 12.9. The number of likely N-dealkylation sites (tertiary alicyclic amines) is 1. The van der Waals surface area contributed by atoms with Gasteiger partial charge in [0, 0.05) is 19.4 Å². The Bertz CT molecular complexity index is 569. The predicted molar refractivity (Wildman–Crippen MR) is 91.6 cm³/mol. The lowest BCUT2D eigenvalue weighted by atomic mass is 9.88. The van der Waals surface area contributed by atoms with E-state index in [2.05, 4.69) is 5.32 Å². The van der Waals surface area contributed by atoms with Crippen molar-refractivity contribution >= 4 is 11.8 Å². The second-order valence-corrected chi connectivity index (χ2v) is 6.74. The lowest BCUT2D eigenvalue weighted by Gasteiger charge is -2.29. The SMILES string of the molecule is CNC(=O)C1CC(Oc2ccccc2)CN1C(=O)C1CCCCC1. The smallest absolute Gasteiger partial charge is 0.242 e. The van der Waals surface area contributed by atoms with Gasteiger partial charge in [0.05, 0.1) is 6.54 Å². The van der Waals surface area contributed by atoms with Gasteiger partial charge in [0.25, 0.3) is 0 Å². The number of carbonyl (C=O) groups is 2. The molecule has 3 rings (SSSR count). The van der Waals surface area contributed by atoms with E-state index in [1.807, 2.05) is 30.3 Å². The third-order valence-electron chi connectivity index (χ3n) is 5.10. The first-order valence-corrected chi connectivity index (χ1v) is 8.93. The molecule has 1 heterocycles. The fraction of sp³-hybridized carbons (Fsp3) is 0.579. The third-order valence-corrected chi connectivity index (χ3v) is 5.10. The topological polar surface area (TPSA) is 58.6 Å². The van der Waals surface area contributed by atoms with Crippen LogP contribution in [0.25, 0.3) is 0 Å². The molecule has 2 atom stereocenters. The molecule has 24 heavy (non-hydrogen) atoms. The van der Waals surface area contributed by atoms with Gasteiger partial charge >= 0.3 is 0 Å². The Hall–Kier alpha value is -2.04. The molecule has 2 amide bonds. The normalized spacial score (nSPS) is 24.6. The summed E-state index contributed by atoms with van der Waals surface area (Å²) in [5, 5.41) is 2.69. The molecule has 0 radical (unpaired) electrons. The molecule has 5 nitrogen and oxygen atoms in total. The molecule has 1 aromatic rings. The number of rotatable bonds is 4. The number of hydrogen-bond acceptors (Lipinski definition) is 3. The highest BCUT2D eigenvalue weighted by Crippen LogP contribution is 2.30. The van der Waals surface area contributed by atoms with Crippen LogP contribution in [0, 0.1) is 5.92 Å². The summed E-state index contributed by atoms with van der Waals surface area (Å²) in [4.78, 5) is 26.9. The highest BCUT2D eigenvalue weighted by atomic mass is 16.5. The van der Waals surface area contributed by atoms with Crippen LogP contribution in [0.5, 0.6) is 5.75 Å². The van der Waals surface area contributed by atoms with Crippen LogP contribution < -0.4 is 10.1 Å². The Morgan fingerprint density at radius 1 is 1.12 bits per heavy atom. The van der Waals surface area contributed by atoms with Gasteiger partial charge in [-0.05, 0) is 25.0 Å². The van der Waals surface area contributed by atoms with Crippen LogP contribution >= 0.6 is 0 Å². The van der Waals surface area contributed by atoms with E-state index in [0.29, 0.717) is 13.0 Å². The third kappa shape index (κ3) is 3.71. The van der Waals surface area contributed by atoms with Crippen LogP contribution in [0.2, 0.25) is 0 Å². The van der Waals surface area contributed by atoms with Gasteiger partial charge in [-0.15, -0.1) is 0 Å². The van der Waals surface area contributed by atoms with Crippen LogP contribution in [0.4, 0.5) is 0 Å². The zero-order chi connectivity index (χ0) is 16.9. The molecule has 2 fully saturated rings. The molecule has 1 saturated heterocycles. The summed E-state index contributed by atoms with van der Waals surface area (Å²) in [5.41, 5.74) is 0. The second-order valence-electron chi connectivity index (χ2n) is 6.74. The van der Waals surface area contributed by atoms with E-state index < -0.39 is 6.04 Å². The lowest BCUT2D eigenvalue weighted by Crippen LogP contribution is -2.47. The summed E-state index contributed by atoms with van der Waals surface area (Å²) in [6, 6.07) is 9.17. The standard InChI is InChI=1S/C19H26N2O3/c1-20-18(22)17-12-16(24-15-10-6-3-7-11-15)13-21(17)19(23)14-8-4-2-5-9-14/h3,6-7,10-11,14,16-17H,2,4-5,8-9,12-13H2,1H3,(H,20,22). The molecule has 1 saturated carbocycles. The van der Waals surface area contributed by atoms with Gasteiger partial charge < -0.3 is 15.0 Å². The first kappa shape index (κ1) is 16.8. The zero-order valence-corrected chi connectivity index (χ0v) is 14.2. The highest BCUT2D eigenvalue weighted by molar-refractivity contribution is 5.89. The minimum Gasteiger partial charge on any atom is -0.488 e. The molecule has 1 N–H and O–H groups in total. The van der Waals surface area contributed by atoms with Crippen molar-refractivity contribution in [2.75, 3.05) is 13.6 Å². The highest BCUT2D eigenvalue weighted by Gasteiger charge is 2.42. The Labute approximate surface area is 143 Å². The molecule has 0 aromatic heterocycles. The summed E-state index contributed by atoms with van der Waals surface area (Å²) in [7, 11) is 1.62. The molecule has 1 aromatic carbocycles. The van der Waals surface area contributed by atoms with Crippen LogP contribution in [0.15, 0.2) is 30.3 Å². The molecule has 1 aliphatic heterocycles. The first-order chi connectivity index (χ1) is 11.7. The van der Waals surface area contributed by atoms with E-state index >= 15 is 0 Å². The van der Waals surface area contributed by atoms with E-state index in [-0.39, 0.29) is 23.8 Å². The van der Waals surface area contributed by atoms with Gasteiger partial charge in [-0.2, -0.15) is 0 Å². The summed E-state index contributed by atoms with van der Waals surface area (Å²) >= 11 is 0. The van der Waals surface area contributed by atoms with Gasteiger partial charge in [-0.25, -0.2) is 0 Å². The fourth-order valence-electron chi connectivity index (χ4n) is 3.82. The largest absolute Gasteiger partial charge is 0.488 e. The monoisotopic (exact) mass is 330 g/mol. The zero-order valence-electron chi connectivity index (χ0n) is 14.2. The van der Waals surface area contributed by atoms with Gasteiger partial charge in [0.1, 0.15) is 17.9 Å². The minimum atomic E-state index is -0.418. The van der Waals surface area contributed by atoms with Crippen LogP contribution in [-0.4, -0.2) is 42.5 Å². The Morgan fingerprint density at radius 3 is 2.50 bits per heavy atom. The Morgan fingerprint density at radius 2 is 1.83 bits per heavy atom. The van der Waals surface area contributed by atoms with Crippen molar-refractivity contribution in [2.45, 2.75) is 50.7 Å². The molecule has 0 bridgehead atoms. The van der Waals surface area contributed by atoms with Crippen LogP contribution in [-0.2, 0) is 9.59 Å². The molecular weight excluding hydrogens is 304 g/mol. The summed E-state index contributed by atoms with van der Waals surface area (Å²) < 4.78 is 5.99. The van der Waals surface area contributed by atoms with E-state index in [1.165, 1.54) is 6.42 Å². The molecule has 0 spiro atoms. The Kier molecular flexibility index (Phi) is 5.38. The second kappa shape index (κ2) is 7.69. The van der Waals surface area contributed by atoms with Gasteiger partial charge in [-0.3, -0.25) is 9.59 Å². The van der Waals surface area contributed by atoms with Crippen molar-refractivity contribution in [2.24, 2.45) is 5.92 Å². The van der Waals surface area contributed by atoms with Crippen molar-refractivity contribution in [1.82, 2.24) is 10.2 Å². The van der Waals surface area contributed by atoms with Crippen molar-refractivity contribution < 1.29 is 14.3 Å². The number of nitrogens with one attached hydrogen (secondary N) is 1. The predicted octanol–water partition coefficient (Wildman–Crippen LogP) is 2.36. The van der Waals surface area contributed by atoms with Gasteiger partial charge in [0.15, 0.2) is 0 Å². The number of carbonyl (C=O) groups excluding carboxylic acids is 2. The number of amides is 2. The average Bonchev–Trinajstić information content (AvgIpc) is 3.05. The first-order valence-electron chi connectivity index (χ1n) is 8.93. The minimum absolute atomic E-state index is 0.0707. The summed E-state index contributed by atoms with van der Waals surface area (Å²) in [6.07, 6.45) is 5.73. The van der Waals surface area contributed by atoms with Crippen LogP contribution in [0.1, 0.15) is 38.5 Å². The van der Waals surface area contributed by atoms with Crippen molar-refractivity contribution in [1.29, 1.82) is 0 Å². The molecule has 1 aliphatic carbocycles. The van der Waals surface area contributed by atoms with E-state index in [9.17, 15) is 9.59 Å².